The Kier molecular flexibility index (Phi) is 5.18. The second-order valence-electron chi connectivity index (χ2n) is 4.96. The third kappa shape index (κ3) is 4.43. The van der Waals surface area contributed by atoms with Crippen LogP contribution in [0.3, 0.4) is 0 Å². The summed E-state index contributed by atoms with van der Waals surface area (Å²) in [6, 6.07) is 11.0. The quantitative estimate of drug-likeness (QED) is 0.662. The number of halogens is 1. The van der Waals surface area contributed by atoms with Crippen LogP contribution in [-0.2, 0) is 4.79 Å². The molecule has 120 valence electrons. The highest BCUT2D eigenvalue weighted by atomic mass is 35.5. The van der Waals surface area contributed by atoms with Crippen molar-refractivity contribution in [2.75, 3.05) is 5.32 Å². The number of nitrogens with one attached hydrogen (secondary N) is 1. The minimum absolute atomic E-state index is 0.0886. The van der Waals surface area contributed by atoms with Gasteiger partial charge in [0.25, 0.3) is 11.6 Å². The van der Waals surface area contributed by atoms with Crippen molar-refractivity contribution in [2.45, 2.75) is 20.0 Å². The molecule has 0 spiro atoms. The van der Waals surface area contributed by atoms with E-state index in [1.807, 2.05) is 0 Å². The van der Waals surface area contributed by atoms with E-state index < -0.39 is 16.9 Å². The van der Waals surface area contributed by atoms with Crippen LogP contribution in [0, 0.1) is 17.0 Å². The number of anilines is 1. The van der Waals surface area contributed by atoms with Crippen LogP contribution in [-0.4, -0.2) is 16.9 Å². The lowest BCUT2D eigenvalue weighted by Crippen LogP contribution is -2.30. The van der Waals surface area contributed by atoms with Gasteiger partial charge in [0.15, 0.2) is 6.10 Å². The Bertz CT molecular complexity index is 749. The third-order valence-corrected chi connectivity index (χ3v) is 3.40. The molecule has 1 amide bonds. The van der Waals surface area contributed by atoms with Crippen molar-refractivity contribution in [3.8, 4) is 5.75 Å². The van der Waals surface area contributed by atoms with Gasteiger partial charge in [-0.25, -0.2) is 0 Å². The largest absolute Gasteiger partial charge is 0.481 e. The molecule has 6 nitrogen and oxygen atoms in total. The summed E-state index contributed by atoms with van der Waals surface area (Å²) in [6.07, 6.45) is -0.785. The van der Waals surface area contributed by atoms with Crippen LogP contribution in [0.5, 0.6) is 5.75 Å². The van der Waals surface area contributed by atoms with Crippen LogP contribution in [0.2, 0.25) is 5.02 Å². The second kappa shape index (κ2) is 7.11. The number of hydrogen-bond acceptors (Lipinski definition) is 4. The topological polar surface area (TPSA) is 81.5 Å². The fraction of sp³-hybridized carbons (Fsp3) is 0.188. The first-order chi connectivity index (χ1) is 10.9. The highest BCUT2D eigenvalue weighted by molar-refractivity contribution is 6.30. The highest BCUT2D eigenvalue weighted by Gasteiger charge is 2.17. The molecule has 0 bridgehead atoms. The van der Waals surface area contributed by atoms with Crippen LogP contribution >= 0.6 is 11.6 Å². The van der Waals surface area contributed by atoms with Gasteiger partial charge in [-0.3, -0.25) is 14.9 Å². The average molecular weight is 335 g/mol. The minimum Gasteiger partial charge on any atom is -0.481 e. The van der Waals surface area contributed by atoms with Crippen molar-refractivity contribution >= 4 is 28.9 Å². The maximum absolute atomic E-state index is 12.2. The Morgan fingerprint density at radius 2 is 2.04 bits per heavy atom. The van der Waals surface area contributed by atoms with E-state index in [4.69, 9.17) is 16.3 Å². The third-order valence-electron chi connectivity index (χ3n) is 3.17. The molecule has 2 aromatic carbocycles. The Labute approximate surface area is 138 Å². The molecule has 2 rings (SSSR count). The average Bonchev–Trinajstić information content (AvgIpc) is 2.49. The van der Waals surface area contributed by atoms with Crippen molar-refractivity contribution in [1.82, 2.24) is 0 Å². The van der Waals surface area contributed by atoms with E-state index in [0.29, 0.717) is 16.5 Å². The van der Waals surface area contributed by atoms with Gasteiger partial charge in [-0.1, -0.05) is 23.7 Å². The fourth-order valence-corrected chi connectivity index (χ4v) is 2.07. The zero-order chi connectivity index (χ0) is 17.0. The van der Waals surface area contributed by atoms with E-state index >= 15 is 0 Å². The maximum Gasteiger partial charge on any atom is 0.271 e. The number of nitro benzene ring substituents is 1. The van der Waals surface area contributed by atoms with Gasteiger partial charge >= 0.3 is 0 Å². The molecule has 0 unspecified atom stereocenters. The molecule has 0 aliphatic carbocycles. The number of nitrogens with zero attached hydrogens (tertiary/aromatic N) is 1. The molecular formula is C16H15ClN2O4. The molecule has 1 atom stereocenters. The van der Waals surface area contributed by atoms with Crippen LogP contribution in [0.1, 0.15) is 12.5 Å². The molecule has 0 aromatic heterocycles. The van der Waals surface area contributed by atoms with Crippen molar-refractivity contribution in [2.24, 2.45) is 0 Å². The van der Waals surface area contributed by atoms with Gasteiger partial charge in [0.05, 0.1) is 10.6 Å². The first kappa shape index (κ1) is 16.8. The summed E-state index contributed by atoms with van der Waals surface area (Å²) in [5.74, 6) is 0.0597. The number of ether oxygens (including phenoxy) is 1. The number of non-ortho nitro benzene ring substituents is 1. The first-order valence-electron chi connectivity index (χ1n) is 6.85. The van der Waals surface area contributed by atoms with Crippen molar-refractivity contribution < 1.29 is 14.5 Å². The second-order valence-corrected chi connectivity index (χ2v) is 5.40. The molecule has 0 aliphatic heterocycles. The molecule has 1 N–H and O–H groups in total. The standard InChI is InChI=1S/C16H15ClN2O4/c1-10-6-7-13(19(21)22)9-15(10)18-16(20)11(2)23-14-5-3-4-12(17)8-14/h3-9,11H,1-2H3,(H,18,20)/t11-/m1/s1. The lowest BCUT2D eigenvalue weighted by Gasteiger charge is -2.15. The smallest absolute Gasteiger partial charge is 0.271 e. The minimum atomic E-state index is -0.785. The number of nitro groups is 1. The summed E-state index contributed by atoms with van der Waals surface area (Å²) in [4.78, 5) is 22.5. The van der Waals surface area contributed by atoms with E-state index in [9.17, 15) is 14.9 Å². The maximum atomic E-state index is 12.2. The number of hydrogen-bond donors (Lipinski definition) is 1. The zero-order valence-corrected chi connectivity index (χ0v) is 13.3. The predicted molar refractivity (Wildman–Crippen MR) is 88.0 cm³/mol. The molecule has 2 aromatic rings. The van der Waals surface area contributed by atoms with E-state index in [1.165, 1.54) is 12.1 Å². The molecule has 0 fully saturated rings. The SMILES string of the molecule is Cc1ccc([N+](=O)[O-])cc1NC(=O)[C@@H](C)Oc1cccc(Cl)c1. The normalized spacial score (nSPS) is 11.6. The van der Waals surface area contributed by atoms with Gasteiger partial charge in [-0.2, -0.15) is 0 Å². The number of carbonyl (C=O) groups excluding carboxylic acids is 1. The van der Waals surface area contributed by atoms with Gasteiger partial charge in [0.1, 0.15) is 5.75 Å². The van der Waals surface area contributed by atoms with Crippen LogP contribution < -0.4 is 10.1 Å². The summed E-state index contributed by atoms with van der Waals surface area (Å²) in [5, 5.41) is 14.0. The summed E-state index contributed by atoms with van der Waals surface area (Å²) in [7, 11) is 0. The van der Waals surface area contributed by atoms with Gasteiger partial charge < -0.3 is 10.1 Å². The van der Waals surface area contributed by atoms with E-state index in [-0.39, 0.29) is 5.69 Å². The van der Waals surface area contributed by atoms with Crippen LogP contribution in [0.15, 0.2) is 42.5 Å². The Morgan fingerprint density at radius 1 is 1.30 bits per heavy atom. The summed E-state index contributed by atoms with van der Waals surface area (Å²) in [5.41, 5.74) is 1.01. The Morgan fingerprint density at radius 3 is 2.70 bits per heavy atom. The molecule has 0 aliphatic rings. The van der Waals surface area contributed by atoms with Crippen molar-refractivity contribution in [1.29, 1.82) is 0 Å². The Balaban J connectivity index is 2.09. The molecule has 0 saturated carbocycles. The predicted octanol–water partition coefficient (Wildman–Crippen LogP) is 3.96. The number of amides is 1. The molecular weight excluding hydrogens is 320 g/mol. The monoisotopic (exact) mass is 334 g/mol. The van der Waals surface area contributed by atoms with Gasteiger partial charge in [-0.05, 0) is 37.6 Å². The molecule has 0 saturated heterocycles. The number of rotatable bonds is 5. The molecule has 0 heterocycles. The lowest BCUT2D eigenvalue weighted by molar-refractivity contribution is -0.384. The molecule has 7 heteroatoms. The summed E-state index contributed by atoms with van der Waals surface area (Å²) < 4.78 is 5.52. The molecule has 23 heavy (non-hydrogen) atoms. The molecule has 0 radical (unpaired) electrons. The van der Waals surface area contributed by atoms with Gasteiger partial charge in [-0.15, -0.1) is 0 Å². The Hall–Kier alpha value is -2.60. The fourth-order valence-electron chi connectivity index (χ4n) is 1.89. The van der Waals surface area contributed by atoms with Crippen molar-refractivity contribution in [3.63, 3.8) is 0 Å². The highest BCUT2D eigenvalue weighted by Crippen LogP contribution is 2.23. The first-order valence-corrected chi connectivity index (χ1v) is 7.23. The number of carbonyl (C=O) groups is 1. The van der Waals surface area contributed by atoms with E-state index in [0.717, 1.165) is 5.56 Å². The number of aryl methyl sites for hydroxylation is 1. The lowest BCUT2D eigenvalue weighted by atomic mass is 10.1. The van der Waals surface area contributed by atoms with Crippen molar-refractivity contribution in [3.05, 3.63) is 63.2 Å². The van der Waals surface area contributed by atoms with Gasteiger partial charge in [0, 0.05) is 17.2 Å². The van der Waals surface area contributed by atoms with Crippen LogP contribution in [0.25, 0.3) is 0 Å². The van der Waals surface area contributed by atoms with Gasteiger partial charge in [0.2, 0.25) is 0 Å². The zero-order valence-electron chi connectivity index (χ0n) is 12.6. The van der Waals surface area contributed by atoms with E-state index in [1.54, 1.807) is 44.2 Å². The van der Waals surface area contributed by atoms with E-state index in [2.05, 4.69) is 5.32 Å². The summed E-state index contributed by atoms with van der Waals surface area (Å²) in [6.45, 7) is 3.34. The number of benzene rings is 2. The summed E-state index contributed by atoms with van der Waals surface area (Å²) >= 11 is 5.86. The van der Waals surface area contributed by atoms with Crippen LogP contribution in [0.4, 0.5) is 11.4 Å².